The molecule has 5 atom stereocenters. The van der Waals surface area contributed by atoms with Gasteiger partial charge in [-0.3, -0.25) is 0 Å². The van der Waals surface area contributed by atoms with E-state index in [9.17, 15) is 15.0 Å². The summed E-state index contributed by atoms with van der Waals surface area (Å²) in [6.45, 7) is 1.63. The van der Waals surface area contributed by atoms with Crippen LogP contribution in [-0.4, -0.2) is 67.6 Å². The number of hydrogen-bond donors (Lipinski definition) is 2. The number of benzene rings is 1. The van der Waals surface area contributed by atoms with Gasteiger partial charge in [0.05, 0.1) is 19.8 Å². The van der Waals surface area contributed by atoms with Crippen LogP contribution in [0.5, 0.6) is 11.5 Å². The second kappa shape index (κ2) is 16.8. The first kappa shape index (κ1) is 32.3. The predicted octanol–water partition coefficient (Wildman–Crippen LogP) is 5.77. The molecule has 2 saturated heterocycles. The molecule has 1 saturated carbocycles. The molecule has 42 heavy (non-hydrogen) atoms. The van der Waals surface area contributed by atoms with Gasteiger partial charge in [0, 0.05) is 19.6 Å². The van der Waals surface area contributed by atoms with E-state index in [1.165, 1.54) is 0 Å². The summed E-state index contributed by atoms with van der Waals surface area (Å²) >= 11 is 0. The molecule has 0 bridgehead atoms. The van der Waals surface area contributed by atoms with Crippen LogP contribution < -0.4 is 9.47 Å². The number of methoxy groups -OCH3 is 1. The zero-order valence-electron chi connectivity index (χ0n) is 24.7. The van der Waals surface area contributed by atoms with E-state index in [1.807, 2.05) is 30.3 Å². The van der Waals surface area contributed by atoms with Crippen molar-refractivity contribution in [2.45, 2.75) is 95.1 Å². The predicted molar refractivity (Wildman–Crippen MR) is 156 cm³/mol. The van der Waals surface area contributed by atoms with E-state index in [0.29, 0.717) is 39.1 Å². The maximum absolute atomic E-state index is 12.5. The van der Waals surface area contributed by atoms with Crippen molar-refractivity contribution in [3.8, 4) is 11.5 Å². The summed E-state index contributed by atoms with van der Waals surface area (Å²) in [6.07, 6.45) is 14.1. The van der Waals surface area contributed by atoms with Crippen molar-refractivity contribution >= 4 is 5.97 Å². The van der Waals surface area contributed by atoms with E-state index in [4.69, 9.17) is 28.4 Å². The van der Waals surface area contributed by atoms with Crippen LogP contribution in [0.15, 0.2) is 54.3 Å². The average molecular weight is 587 g/mol. The van der Waals surface area contributed by atoms with E-state index in [1.54, 1.807) is 13.2 Å². The van der Waals surface area contributed by atoms with Gasteiger partial charge >= 0.3 is 5.97 Å². The maximum atomic E-state index is 12.5. The van der Waals surface area contributed by atoms with Crippen LogP contribution in [0, 0.1) is 11.8 Å². The van der Waals surface area contributed by atoms with Crippen molar-refractivity contribution in [1.29, 1.82) is 0 Å². The van der Waals surface area contributed by atoms with Crippen LogP contribution in [-0.2, 0) is 23.7 Å². The van der Waals surface area contributed by atoms with Crippen LogP contribution in [0.25, 0.3) is 0 Å². The second-order valence-corrected chi connectivity index (χ2v) is 11.1. The molecule has 3 fully saturated rings. The Kier molecular flexibility index (Phi) is 12.9. The number of hydrogen-bond acceptors (Lipinski definition) is 8. The second-order valence-electron chi connectivity index (χ2n) is 11.1. The fourth-order valence-corrected chi connectivity index (χ4v) is 5.66. The molecule has 2 unspecified atom stereocenters. The smallest absolute Gasteiger partial charge is 0.364 e. The number of allylic oxidation sites excluding steroid dienone is 1. The minimum atomic E-state index is -1.92. The Labute approximate surface area is 249 Å². The molecule has 1 aromatic rings. The highest BCUT2D eigenvalue weighted by molar-refractivity contribution is 5.76. The van der Waals surface area contributed by atoms with Crippen molar-refractivity contribution < 1.29 is 43.4 Å². The molecule has 232 valence electrons. The van der Waals surface area contributed by atoms with Gasteiger partial charge in [0.2, 0.25) is 0 Å². The van der Waals surface area contributed by atoms with E-state index in [0.717, 1.165) is 56.4 Å². The Hall–Kier alpha value is -2.65. The topological polar surface area (TPSA) is 113 Å². The van der Waals surface area contributed by atoms with Gasteiger partial charge in [0.1, 0.15) is 11.5 Å². The van der Waals surface area contributed by atoms with E-state index in [-0.39, 0.29) is 24.4 Å². The third-order valence-electron chi connectivity index (χ3n) is 8.08. The molecular weight excluding hydrogens is 540 g/mol. The Balaban J connectivity index is 1.30. The molecule has 2 N–H and O–H groups in total. The molecule has 0 aromatic heterocycles. The summed E-state index contributed by atoms with van der Waals surface area (Å²) in [6, 6.07) is 7.52. The fraction of sp³-hybridized carbons (Fsp3) is 0.636. The van der Waals surface area contributed by atoms with Crippen LogP contribution in [0.2, 0.25) is 0 Å². The molecule has 0 amide bonds. The van der Waals surface area contributed by atoms with Crippen LogP contribution in [0.3, 0.4) is 0 Å². The lowest BCUT2D eigenvalue weighted by Gasteiger charge is -2.37. The van der Waals surface area contributed by atoms with Crippen LogP contribution in [0.4, 0.5) is 0 Å². The minimum absolute atomic E-state index is 0.0384. The molecule has 0 spiro atoms. The lowest BCUT2D eigenvalue weighted by molar-refractivity contribution is -0.349. The lowest BCUT2D eigenvalue weighted by Crippen LogP contribution is -2.50. The zero-order chi connectivity index (χ0) is 29.6. The summed E-state index contributed by atoms with van der Waals surface area (Å²) in [5.41, 5.74) is 3.12. The first-order chi connectivity index (χ1) is 20.5. The van der Waals surface area contributed by atoms with Crippen LogP contribution in [0.1, 0.15) is 70.6 Å². The zero-order valence-corrected chi connectivity index (χ0v) is 24.7. The number of carboxylic acid groups (broad SMARTS) is 1. The Morgan fingerprint density at radius 2 is 1.64 bits per heavy atom. The van der Waals surface area contributed by atoms with Crippen molar-refractivity contribution in [3.63, 3.8) is 0 Å². The van der Waals surface area contributed by atoms with Gasteiger partial charge in [-0.25, -0.2) is 4.79 Å². The highest BCUT2D eigenvalue weighted by Crippen LogP contribution is 2.36. The van der Waals surface area contributed by atoms with Crippen LogP contribution >= 0.6 is 0 Å². The Bertz CT molecular complexity index is 1010. The number of ether oxygens (including phenoxy) is 6. The molecule has 2 heterocycles. The van der Waals surface area contributed by atoms with Gasteiger partial charge in [-0.15, -0.1) is 5.73 Å². The number of rotatable bonds is 15. The van der Waals surface area contributed by atoms with E-state index < -0.39 is 24.3 Å². The molecule has 4 rings (SSSR count). The highest BCUT2D eigenvalue weighted by atomic mass is 16.8. The SMILES string of the molecule is COc1ccc(OCC/C=C/[C@H]2CC[C@H](O)[C@@H]2CC=C=CCC(OC2CCCCO2)(OC2CCCCO2)C(=O)O)cc1. The Morgan fingerprint density at radius 1 is 0.976 bits per heavy atom. The van der Waals surface area contributed by atoms with Crippen molar-refractivity contribution in [3.05, 3.63) is 54.3 Å². The van der Waals surface area contributed by atoms with Gasteiger partial charge in [0.25, 0.3) is 5.79 Å². The van der Waals surface area contributed by atoms with E-state index >= 15 is 0 Å². The first-order valence-corrected chi connectivity index (χ1v) is 15.3. The van der Waals surface area contributed by atoms with Gasteiger partial charge in [-0.05, 0) is 112 Å². The quantitative estimate of drug-likeness (QED) is 0.115. The molecule has 3 aliphatic rings. The van der Waals surface area contributed by atoms with Gasteiger partial charge < -0.3 is 38.6 Å². The molecule has 9 nitrogen and oxygen atoms in total. The third kappa shape index (κ3) is 9.69. The fourth-order valence-electron chi connectivity index (χ4n) is 5.66. The molecule has 1 aromatic carbocycles. The lowest BCUT2D eigenvalue weighted by atomic mass is 9.91. The number of aliphatic hydroxyl groups is 1. The summed E-state index contributed by atoms with van der Waals surface area (Å²) in [4.78, 5) is 12.5. The molecule has 2 aliphatic heterocycles. The molecule has 9 heteroatoms. The van der Waals surface area contributed by atoms with Crippen molar-refractivity contribution in [2.75, 3.05) is 26.9 Å². The monoisotopic (exact) mass is 586 g/mol. The normalized spacial score (nSPS) is 27.6. The first-order valence-electron chi connectivity index (χ1n) is 15.3. The summed E-state index contributed by atoms with van der Waals surface area (Å²) < 4.78 is 34.3. The van der Waals surface area contributed by atoms with Gasteiger partial charge in [-0.1, -0.05) is 12.2 Å². The summed E-state index contributed by atoms with van der Waals surface area (Å²) in [5, 5.41) is 20.8. The Morgan fingerprint density at radius 3 is 2.24 bits per heavy atom. The summed E-state index contributed by atoms with van der Waals surface area (Å²) in [7, 11) is 1.64. The van der Waals surface area contributed by atoms with E-state index in [2.05, 4.69) is 17.9 Å². The summed E-state index contributed by atoms with van der Waals surface area (Å²) in [5.74, 6) is -1.20. The number of aliphatic carboxylic acids is 1. The molecular formula is C33H46O9. The molecule has 1 aliphatic carbocycles. The van der Waals surface area contributed by atoms with Crippen molar-refractivity contribution in [1.82, 2.24) is 0 Å². The number of aliphatic hydroxyl groups excluding tert-OH is 1. The molecule has 0 radical (unpaired) electrons. The number of carbonyl (C=O) groups is 1. The number of carboxylic acids is 1. The highest BCUT2D eigenvalue weighted by Gasteiger charge is 2.46. The van der Waals surface area contributed by atoms with Crippen molar-refractivity contribution in [2.24, 2.45) is 11.8 Å². The third-order valence-corrected chi connectivity index (χ3v) is 8.08. The average Bonchev–Trinajstić information content (AvgIpc) is 3.36. The minimum Gasteiger partial charge on any atom is -0.497 e. The standard InChI is InChI=1S/C33H46O9/c1-37-26-16-18-27(19-17-26)38-22-8-4-11-25-15-20-29(34)28(25)12-3-2-7-21-33(32(35)36,41-30-13-5-9-23-39-30)42-31-14-6-10-24-40-31/h3-4,7,11,16-19,25,28-31,34H,5-6,8-10,12-15,20-24H2,1H3,(H,35,36)/b11-4+/t2?,25-,28+,29-,30?,31?,33?/m0/s1. The maximum Gasteiger partial charge on any atom is 0.364 e. The largest absolute Gasteiger partial charge is 0.497 e. The van der Waals surface area contributed by atoms with Gasteiger partial charge in [0.15, 0.2) is 12.6 Å². The van der Waals surface area contributed by atoms with Gasteiger partial charge in [-0.2, -0.15) is 0 Å².